The third-order valence-corrected chi connectivity index (χ3v) is 4.55. The summed E-state index contributed by atoms with van der Waals surface area (Å²) in [5, 5.41) is 21.0. The molecule has 0 aliphatic rings. The number of aliphatic carboxylic acids is 2. The summed E-state index contributed by atoms with van der Waals surface area (Å²) in [4.78, 5) is 34.5. The van der Waals surface area contributed by atoms with Crippen LogP contribution in [0.4, 0.5) is 0 Å². The predicted octanol–water partition coefficient (Wildman–Crippen LogP) is 3.55. The smallest absolute Gasteiger partial charge is 0.309 e. The van der Waals surface area contributed by atoms with Crippen LogP contribution in [0.25, 0.3) is 0 Å². The average Bonchev–Trinajstić information content (AvgIpc) is 2.40. The zero-order valence-corrected chi connectivity index (χ0v) is 16.7. The van der Waals surface area contributed by atoms with E-state index in [0.29, 0.717) is 25.8 Å². The van der Waals surface area contributed by atoms with Crippen molar-refractivity contribution in [3.05, 3.63) is 0 Å². The van der Waals surface area contributed by atoms with E-state index in [1.54, 1.807) is 13.8 Å². The highest BCUT2D eigenvalue weighted by Crippen LogP contribution is 2.34. The summed E-state index contributed by atoms with van der Waals surface area (Å²) in [5.41, 5.74) is -1.80. The highest BCUT2D eigenvalue weighted by Gasteiger charge is 2.36. The van der Waals surface area contributed by atoms with Crippen molar-refractivity contribution in [1.29, 1.82) is 0 Å². The molecule has 0 saturated carbocycles. The first kappa shape index (κ1) is 23.4. The Kier molecular flexibility index (Phi) is 8.12. The Morgan fingerprint density at radius 3 is 1.92 bits per heavy atom. The molecule has 146 valence electrons. The molecule has 1 unspecified atom stereocenters. The second kappa shape index (κ2) is 8.68. The summed E-state index contributed by atoms with van der Waals surface area (Å²) in [5.74, 6) is -1.62. The molecule has 25 heavy (non-hydrogen) atoms. The van der Waals surface area contributed by atoms with E-state index in [4.69, 9.17) is 5.11 Å². The molecule has 0 bridgehead atoms. The number of carbonyl (C=O) groups is 3. The second-order valence-electron chi connectivity index (χ2n) is 9.34. The van der Waals surface area contributed by atoms with Crippen molar-refractivity contribution in [3.63, 3.8) is 0 Å². The van der Waals surface area contributed by atoms with Gasteiger partial charge in [-0.3, -0.25) is 14.4 Å². The summed E-state index contributed by atoms with van der Waals surface area (Å²) in [6, 6.07) is 0. The molecule has 3 N–H and O–H groups in total. The molecule has 0 aromatic heterocycles. The Morgan fingerprint density at radius 1 is 0.960 bits per heavy atom. The summed E-state index contributed by atoms with van der Waals surface area (Å²) in [6.07, 6.45) is 1.71. The first-order valence-electron chi connectivity index (χ1n) is 8.82. The predicted molar refractivity (Wildman–Crippen MR) is 97.3 cm³/mol. The molecule has 6 nitrogen and oxygen atoms in total. The van der Waals surface area contributed by atoms with Crippen LogP contribution in [0.5, 0.6) is 0 Å². The molecule has 0 aromatic carbocycles. The average molecular weight is 357 g/mol. The number of hydrogen-bond donors (Lipinski definition) is 3. The number of carboxylic acid groups (broad SMARTS) is 2. The minimum Gasteiger partial charge on any atom is -0.481 e. The van der Waals surface area contributed by atoms with Crippen molar-refractivity contribution in [2.75, 3.05) is 6.54 Å². The second-order valence-corrected chi connectivity index (χ2v) is 9.34. The fraction of sp³-hybridized carbons (Fsp3) is 0.842. The lowest BCUT2D eigenvalue weighted by Crippen LogP contribution is -2.44. The van der Waals surface area contributed by atoms with Crippen LogP contribution in [-0.4, -0.2) is 34.6 Å². The summed E-state index contributed by atoms with van der Waals surface area (Å²) in [7, 11) is 0. The molecule has 1 amide bonds. The van der Waals surface area contributed by atoms with Crippen LogP contribution in [0.2, 0.25) is 0 Å². The Balaban J connectivity index is 4.64. The SMILES string of the molecule is CC(CCC(=O)O)CC(C)(C)C(=O)NCC(C)(C)CC(C)(C)C(=O)O. The summed E-state index contributed by atoms with van der Waals surface area (Å²) >= 11 is 0. The molecule has 0 aromatic rings. The summed E-state index contributed by atoms with van der Waals surface area (Å²) < 4.78 is 0. The number of nitrogens with one attached hydrogen (secondary N) is 1. The zero-order chi connectivity index (χ0) is 20.1. The monoisotopic (exact) mass is 357 g/mol. The third-order valence-electron chi connectivity index (χ3n) is 4.55. The molecule has 1 atom stereocenters. The largest absolute Gasteiger partial charge is 0.481 e. The van der Waals surface area contributed by atoms with Gasteiger partial charge in [0.1, 0.15) is 0 Å². The molecule has 0 spiro atoms. The van der Waals surface area contributed by atoms with Crippen LogP contribution in [0.15, 0.2) is 0 Å². The van der Waals surface area contributed by atoms with Crippen LogP contribution in [0.1, 0.15) is 74.1 Å². The van der Waals surface area contributed by atoms with E-state index in [1.807, 2.05) is 34.6 Å². The molecule has 0 fully saturated rings. The van der Waals surface area contributed by atoms with E-state index in [0.717, 1.165) is 0 Å². The van der Waals surface area contributed by atoms with Crippen molar-refractivity contribution < 1.29 is 24.6 Å². The number of hydrogen-bond acceptors (Lipinski definition) is 3. The van der Waals surface area contributed by atoms with Gasteiger partial charge in [-0.05, 0) is 44.4 Å². The highest BCUT2D eigenvalue weighted by atomic mass is 16.4. The number of rotatable bonds is 11. The van der Waals surface area contributed by atoms with E-state index >= 15 is 0 Å². The maximum absolute atomic E-state index is 12.5. The fourth-order valence-electron chi connectivity index (χ4n) is 3.33. The Labute approximate surface area is 151 Å². The van der Waals surface area contributed by atoms with Crippen LogP contribution in [-0.2, 0) is 14.4 Å². The van der Waals surface area contributed by atoms with E-state index in [1.165, 1.54) is 0 Å². The standard InChI is InChI=1S/C19H35NO5/c1-13(8-9-14(21)22)10-18(4,5)15(23)20-12-17(2,3)11-19(6,7)16(24)25/h13H,8-12H2,1-7H3,(H,20,23)(H,21,22)(H,24,25). The van der Waals surface area contributed by atoms with E-state index in [9.17, 15) is 19.5 Å². The van der Waals surface area contributed by atoms with Crippen molar-refractivity contribution in [3.8, 4) is 0 Å². The van der Waals surface area contributed by atoms with Gasteiger partial charge in [0.05, 0.1) is 5.41 Å². The van der Waals surface area contributed by atoms with Crippen LogP contribution in [0, 0.1) is 22.2 Å². The third kappa shape index (κ3) is 8.89. The molecular formula is C19H35NO5. The van der Waals surface area contributed by atoms with Gasteiger partial charge in [-0.2, -0.15) is 0 Å². The van der Waals surface area contributed by atoms with E-state index in [-0.39, 0.29) is 23.7 Å². The van der Waals surface area contributed by atoms with Gasteiger partial charge >= 0.3 is 11.9 Å². The molecule has 6 heteroatoms. The molecule has 0 aliphatic carbocycles. The number of carbonyl (C=O) groups excluding carboxylic acids is 1. The van der Waals surface area contributed by atoms with Crippen molar-refractivity contribution in [2.24, 2.45) is 22.2 Å². The van der Waals surface area contributed by atoms with Gasteiger partial charge in [0, 0.05) is 18.4 Å². The van der Waals surface area contributed by atoms with Crippen molar-refractivity contribution in [1.82, 2.24) is 5.32 Å². The first-order chi connectivity index (χ1) is 11.1. The molecule has 0 rings (SSSR count). The minimum atomic E-state index is -0.852. The number of carboxylic acids is 2. The van der Waals surface area contributed by atoms with Crippen molar-refractivity contribution in [2.45, 2.75) is 74.1 Å². The van der Waals surface area contributed by atoms with E-state index in [2.05, 4.69) is 5.32 Å². The molecular weight excluding hydrogens is 322 g/mol. The van der Waals surface area contributed by atoms with Crippen LogP contribution in [0.3, 0.4) is 0 Å². The Bertz CT molecular complexity index is 494. The molecule has 0 aliphatic heterocycles. The maximum Gasteiger partial charge on any atom is 0.309 e. The topological polar surface area (TPSA) is 104 Å². The lowest BCUT2D eigenvalue weighted by atomic mass is 9.74. The quantitative estimate of drug-likeness (QED) is 0.524. The summed E-state index contributed by atoms with van der Waals surface area (Å²) in [6.45, 7) is 13.3. The van der Waals surface area contributed by atoms with Crippen LogP contribution >= 0.6 is 0 Å². The van der Waals surface area contributed by atoms with Gasteiger partial charge in [-0.15, -0.1) is 0 Å². The molecule has 0 radical (unpaired) electrons. The highest BCUT2D eigenvalue weighted by molar-refractivity contribution is 5.81. The minimum absolute atomic E-state index is 0.0871. The maximum atomic E-state index is 12.5. The zero-order valence-electron chi connectivity index (χ0n) is 16.7. The van der Waals surface area contributed by atoms with Gasteiger partial charge in [0.2, 0.25) is 5.91 Å². The molecule has 0 saturated heterocycles. The van der Waals surface area contributed by atoms with E-state index < -0.39 is 22.8 Å². The van der Waals surface area contributed by atoms with Gasteiger partial charge in [0.25, 0.3) is 0 Å². The van der Waals surface area contributed by atoms with Crippen LogP contribution < -0.4 is 5.32 Å². The van der Waals surface area contributed by atoms with Gasteiger partial charge in [0.15, 0.2) is 0 Å². The first-order valence-corrected chi connectivity index (χ1v) is 8.82. The Hall–Kier alpha value is -1.59. The van der Waals surface area contributed by atoms with Crippen molar-refractivity contribution >= 4 is 17.8 Å². The fourth-order valence-corrected chi connectivity index (χ4v) is 3.33. The van der Waals surface area contributed by atoms with Gasteiger partial charge in [-0.1, -0.05) is 34.6 Å². The normalized spacial score (nSPS) is 14.0. The lowest BCUT2D eigenvalue weighted by molar-refractivity contribution is -0.148. The lowest BCUT2D eigenvalue weighted by Gasteiger charge is -2.34. The van der Waals surface area contributed by atoms with Gasteiger partial charge < -0.3 is 15.5 Å². The number of amides is 1. The Morgan fingerprint density at radius 2 is 1.48 bits per heavy atom. The van der Waals surface area contributed by atoms with Gasteiger partial charge in [-0.25, -0.2) is 0 Å². The molecule has 0 heterocycles.